The first-order chi connectivity index (χ1) is 11.1. The number of benzene rings is 1. The maximum Gasteiger partial charge on any atom is 0.243 e. The third kappa shape index (κ3) is 8.78. The van der Waals surface area contributed by atoms with E-state index >= 15 is 0 Å². The molecule has 23 heavy (non-hydrogen) atoms. The van der Waals surface area contributed by atoms with Crippen LogP contribution in [0.15, 0.2) is 36.4 Å². The molecule has 2 amide bonds. The number of unbranched alkanes of at least 4 members (excludes halogenated alkanes) is 1. The summed E-state index contributed by atoms with van der Waals surface area (Å²) in [6, 6.07) is 9.65. The van der Waals surface area contributed by atoms with Crippen LogP contribution in [0.2, 0.25) is 0 Å². The molecule has 1 aromatic rings. The fourth-order valence-corrected chi connectivity index (χ4v) is 1.97. The van der Waals surface area contributed by atoms with Crippen molar-refractivity contribution >= 4 is 17.9 Å². The molecule has 1 aromatic carbocycles. The van der Waals surface area contributed by atoms with E-state index < -0.39 is 0 Å². The molecule has 5 nitrogen and oxygen atoms in total. The lowest BCUT2D eigenvalue weighted by Crippen LogP contribution is -2.31. The van der Waals surface area contributed by atoms with Crippen molar-refractivity contribution < 1.29 is 14.7 Å². The summed E-state index contributed by atoms with van der Waals surface area (Å²) >= 11 is 0. The van der Waals surface area contributed by atoms with E-state index in [9.17, 15) is 9.59 Å². The monoisotopic (exact) mass is 318 g/mol. The van der Waals surface area contributed by atoms with E-state index in [0.29, 0.717) is 19.5 Å². The van der Waals surface area contributed by atoms with Gasteiger partial charge in [-0.2, -0.15) is 0 Å². The first kappa shape index (κ1) is 18.9. The average Bonchev–Trinajstić information content (AvgIpc) is 2.57. The largest absolute Gasteiger partial charge is 0.396 e. The fourth-order valence-electron chi connectivity index (χ4n) is 1.97. The molecular formula is C18H26N2O3. The number of aliphatic hydroxyl groups excluding tert-OH is 1. The number of amides is 2. The zero-order chi connectivity index (χ0) is 16.9. The standard InChI is InChI=1S/C18H26N2O3/c1-15(11-14-21)18(23)20-13-6-5-12-19-17(22)10-9-16-7-3-2-4-8-16/h2-4,7-10,15,21H,5-6,11-14H2,1H3,(H,19,22)(H,20,23)/b10-9+. The summed E-state index contributed by atoms with van der Waals surface area (Å²) in [4.78, 5) is 23.2. The van der Waals surface area contributed by atoms with Gasteiger partial charge in [-0.3, -0.25) is 9.59 Å². The average molecular weight is 318 g/mol. The van der Waals surface area contributed by atoms with Crippen LogP contribution in [0.3, 0.4) is 0 Å². The van der Waals surface area contributed by atoms with E-state index in [4.69, 9.17) is 5.11 Å². The van der Waals surface area contributed by atoms with Crippen LogP contribution in [0.1, 0.15) is 31.7 Å². The van der Waals surface area contributed by atoms with Crippen molar-refractivity contribution in [2.24, 2.45) is 5.92 Å². The van der Waals surface area contributed by atoms with E-state index in [1.807, 2.05) is 30.3 Å². The SMILES string of the molecule is CC(CCO)C(=O)NCCCCNC(=O)/C=C/c1ccccc1. The summed E-state index contributed by atoms with van der Waals surface area (Å²) in [6.07, 6.45) is 5.39. The first-order valence-corrected chi connectivity index (χ1v) is 8.03. The fraction of sp³-hybridized carbons (Fsp3) is 0.444. The molecular weight excluding hydrogens is 292 g/mol. The van der Waals surface area contributed by atoms with Gasteiger partial charge in [0.05, 0.1) is 0 Å². The Bertz CT molecular complexity index is 500. The smallest absolute Gasteiger partial charge is 0.243 e. The summed E-state index contributed by atoms with van der Waals surface area (Å²) in [7, 11) is 0. The highest BCUT2D eigenvalue weighted by molar-refractivity contribution is 5.91. The molecule has 0 radical (unpaired) electrons. The van der Waals surface area contributed by atoms with E-state index in [2.05, 4.69) is 10.6 Å². The lowest BCUT2D eigenvalue weighted by molar-refractivity contribution is -0.125. The van der Waals surface area contributed by atoms with Gasteiger partial charge in [-0.05, 0) is 30.9 Å². The van der Waals surface area contributed by atoms with Gasteiger partial charge >= 0.3 is 0 Å². The molecule has 0 fully saturated rings. The molecule has 1 unspecified atom stereocenters. The Balaban J connectivity index is 2.07. The van der Waals surface area contributed by atoms with E-state index in [0.717, 1.165) is 18.4 Å². The van der Waals surface area contributed by atoms with Gasteiger partial charge < -0.3 is 15.7 Å². The number of hydrogen-bond donors (Lipinski definition) is 3. The predicted octanol–water partition coefficient (Wildman–Crippen LogP) is 1.73. The third-order valence-electron chi connectivity index (χ3n) is 3.44. The summed E-state index contributed by atoms with van der Waals surface area (Å²) in [5.41, 5.74) is 0.988. The van der Waals surface area contributed by atoms with Gasteiger partial charge in [0.15, 0.2) is 0 Å². The highest BCUT2D eigenvalue weighted by Gasteiger charge is 2.10. The van der Waals surface area contributed by atoms with Gasteiger partial charge in [-0.25, -0.2) is 0 Å². The normalized spacial score (nSPS) is 12.1. The van der Waals surface area contributed by atoms with E-state index in [-0.39, 0.29) is 24.3 Å². The van der Waals surface area contributed by atoms with Crippen molar-refractivity contribution in [2.75, 3.05) is 19.7 Å². The molecule has 126 valence electrons. The van der Waals surface area contributed by atoms with Crippen LogP contribution in [0.4, 0.5) is 0 Å². The second-order valence-electron chi connectivity index (χ2n) is 5.45. The van der Waals surface area contributed by atoms with Crippen molar-refractivity contribution in [3.63, 3.8) is 0 Å². The molecule has 3 N–H and O–H groups in total. The van der Waals surface area contributed by atoms with Crippen molar-refractivity contribution in [2.45, 2.75) is 26.2 Å². The minimum Gasteiger partial charge on any atom is -0.396 e. The number of aliphatic hydroxyl groups is 1. The first-order valence-electron chi connectivity index (χ1n) is 8.03. The minimum absolute atomic E-state index is 0.0249. The zero-order valence-corrected chi connectivity index (χ0v) is 13.6. The van der Waals surface area contributed by atoms with E-state index in [1.54, 1.807) is 13.0 Å². The Morgan fingerprint density at radius 2 is 1.78 bits per heavy atom. The summed E-state index contributed by atoms with van der Waals surface area (Å²) < 4.78 is 0. The van der Waals surface area contributed by atoms with Crippen LogP contribution in [-0.2, 0) is 9.59 Å². The summed E-state index contributed by atoms with van der Waals surface area (Å²) in [6.45, 7) is 2.99. The molecule has 1 rings (SSSR count). The molecule has 5 heteroatoms. The second-order valence-corrected chi connectivity index (χ2v) is 5.45. The molecule has 0 aliphatic heterocycles. The summed E-state index contributed by atoms with van der Waals surface area (Å²) in [5.74, 6) is -0.314. The second kappa shape index (κ2) is 11.4. The van der Waals surface area contributed by atoms with Crippen molar-refractivity contribution in [1.29, 1.82) is 0 Å². The van der Waals surface area contributed by atoms with Crippen molar-refractivity contribution in [3.8, 4) is 0 Å². The molecule has 1 atom stereocenters. The molecule has 0 saturated heterocycles. The predicted molar refractivity (Wildman–Crippen MR) is 91.6 cm³/mol. The molecule has 0 heterocycles. The number of hydrogen-bond acceptors (Lipinski definition) is 3. The van der Waals surface area contributed by atoms with Crippen LogP contribution >= 0.6 is 0 Å². The lowest BCUT2D eigenvalue weighted by Gasteiger charge is -2.10. The zero-order valence-electron chi connectivity index (χ0n) is 13.6. The summed E-state index contributed by atoms with van der Waals surface area (Å²) in [5, 5.41) is 14.4. The van der Waals surface area contributed by atoms with Crippen LogP contribution in [0.5, 0.6) is 0 Å². The number of nitrogens with one attached hydrogen (secondary N) is 2. The van der Waals surface area contributed by atoms with Crippen LogP contribution in [0, 0.1) is 5.92 Å². The van der Waals surface area contributed by atoms with Gasteiger partial charge in [-0.1, -0.05) is 37.3 Å². The van der Waals surface area contributed by atoms with Gasteiger partial charge in [0.2, 0.25) is 11.8 Å². The molecule has 0 bridgehead atoms. The number of carbonyl (C=O) groups is 2. The minimum atomic E-state index is -0.164. The Morgan fingerprint density at radius 1 is 1.13 bits per heavy atom. The Kier molecular flexibility index (Phi) is 9.40. The Morgan fingerprint density at radius 3 is 2.43 bits per heavy atom. The quantitative estimate of drug-likeness (QED) is 0.454. The van der Waals surface area contributed by atoms with Gasteiger partial charge in [0, 0.05) is 31.7 Å². The highest BCUT2D eigenvalue weighted by Crippen LogP contribution is 2.01. The Labute approximate surface area is 137 Å². The topological polar surface area (TPSA) is 78.4 Å². The van der Waals surface area contributed by atoms with Crippen molar-refractivity contribution in [1.82, 2.24) is 10.6 Å². The van der Waals surface area contributed by atoms with Gasteiger partial charge in [-0.15, -0.1) is 0 Å². The molecule has 0 saturated carbocycles. The lowest BCUT2D eigenvalue weighted by atomic mass is 10.1. The maximum absolute atomic E-state index is 11.6. The molecule has 0 aliphatic carbocycles. The molecule has 0 aromatic heterocycles. The van der Waals surface area contributed by atoms with Gasteiger partial charge in [0.25, 0.3) is 0 Å². The van der Waals surface area contributed by atoms with E-state index in [1.165, 1.54) is 6.08 Å². The van der Waals surface area contributed by atoms with Crippen LogP contribution in [-0.4, -0.2) is 36.6 Å². The third-order valence-corrected chi connectivity index (χ3v) is 3.44. The molecule has 0 aliphatic rings. The van der Waals surface area contributed by atoms with Crippen LogP contribution < -0.4 is 10.6 Å². The highest BCUT2D eigenvalue weighted by atomic mass is 16.3. The van der Waals surface area contributed by atoms with Crippen molar-refractivity contribution in [3.05, 3.63) is 42.0 Å². The number of carbonyl (C=O) groups excluding carboxylic acids is 2. The van der Waals surface area contributed by atoms with Crippen LogP contribution in [0.25, 0.3) is 6.08 Å². The maximum atomic E-state index is 11.6. The molecule has 0 spiro atoms. The number of rotatable bonds is 10. The van der Waals surface area contributed by atoms with Gasteiger partial charge in [0.1, 0.15) is 0 Å². The Hall–Kier alpha value is -2.14.